The van der Waals surface area contributed by atoms with E-state index in [0.29, 0.717) is 0 Å². The lowest BCUT2D eigenvalue weighted by molar-refractivity contribution is -0.0522. The van der Waals surface area contributed by atoms with Crippen molar-refractivity contribution in [3.05, 3.63) is 52.3 Å². The molecule has 0 spiro atoms. The Hall–Kier alpha value is -1.89. The third-order valence-corrected chi connectivity index (χ3v) is 3.40. The van der Waals surface area contributed by atoms with Crippen LogP contribution >= 0.6 is 15.9 Å². The molecule has 0 radical (unpaired) electrons. The van der Waals surface area contributed by atoms with Gasteiger partial charge in [0.2, 0.25) is 0 Å². The predicted octanol–water partition coefficient (Wildman–Crippen LogP) is 4.35. The quantitative estimate of drug-likeness (QED) is 0.805. The minimum atomic E-state index is -3.13. The molecule has 2 N–H and O–H groups in total. The van der Waals surface area contributed by atoms with E-state index in [1.165, 1.54) is 0 Å². The van der Waals surface area contributed by atoms with Crippen LogP contribution in [-0.2, 0) is 6.61 Å². The molecule has 0 aliphatic heterocycles. The number of rotatable bonds is 5. The second kappa shape index (κ2) is 6.71. The summed E-state index contributed by atoms with van der Waals surface area (Å²) >= 11 is 3.35. The molecule has 0 unspecified atom stereocenters. The molecule has 0 aliphatic carbocycles. The van der Waals surface area contributed by atoms with Crippen LogP contribution in [0.5, 0.6) is 11.5 Å². The maximum Gasteiger partial charge on any atom is 0.387 e. The van der Waals surface area contributed by atoms with Crippen molar-refractivity contribution >= 4 is 21.6 Å². The number of nitrogens with two attached hydrogens (primary N) is 1. The summed E-state index contributed by atoms with van der Waals surface area (Å²) in [6.45, 7) is -2.98. The van der Waals surface area contributed by atoms with Gasteiger partial charge in [-0.05, 0) is 6.07 Å². The van der Waals surface area contributed by atoms with Crippen LogP contribution in [0.3, 0.4) is 0 Å². The third kappa shape index (κ3) is 4.04. The zero-order valence-electron chi connectivity index (χ0n) is 10.7. The Balaban J connectivity index is 2.18. The number of ether oxygens (including phenoxy) is 2. The molecule has 7 heteroatoms. The molecular weight excluding hydrogens is 351 g/mol. The summed E-state index contributed by atoms with van der Waals surface area (Å²) in [4.78, 5) is 0. The molecule has 0 atom stereocenters. The van der Waals surface area contributed by atoms with Gasteiger partial charge in [-0.15, -0.1) is 0 Å². The molecule has 2 aromatic carbocycles. The largest absolute Gasteiger partial charge is 0.487 e. The molecule has 112 valence electrons. The second-order valence-corrected chi connectivity index (χ2v) is 4.93. The normalized spacial score (nSPS) is 10.7. The summed E-state index contributed by atoms with van der Waals surface area (Å²) in [5, 5.41) is 0. The summed E-state index contributed by atoms with van der Waals surface area (Å²) < 4.78 is 48.1. The molecule has 0 amide bonds. The molecule has 0 heterocycles. The number of benzene rings is 2. The van der Waals surface area contributed by atoms with Gasteiger partial charge in [-0.3, -0.25) is 0 Å². The molecular formula is C14H11BrF3NO2. The van der Waals surface area contributed by atoms with Crippen molar-refractivity contribution in [2.24, 2.45) is 0 Å². The lowest BCUT2D eigenvalue weighted by Crippen LogP contribution is -2.06. The smallest absolute Gasteiger partial charge is 0.387 e. The number of halogens is 4. The van der Waals surface area contributed by atoms with Crippen molar-refractivity contribution in [2.45, 2.75) is 13.2 Å². The van der Waals surface area contributed by atoms with Crippen molar-refractivity contribution in [3.63, 3.8) is 0 Å². The summed E-state index contributed by atoms with van der Waals surface area (Å²) in [7, 11) is 0. The predicted molar refractivity (Wildman–Crippen MR) is 75.9 cm³/mol. The summed E-state index contributed by atoms with van der Waals surface area (Å²) in [6.07, 6.45) is 0. The van der Waals surface area contributed by atoms with Gasteiger partial charge in [0, 0.05) is 22.2 Å². The molecule has 0 aliphatic rings. The fourth-order valence-corrected chi connectivity index (χ4v) is 2.03. The first-order chi connectivity index (χ1) is 9.97. The number of alkyl halides is 2. The summed E-state index contributed by atoms with van der Waals surface area (Å²) in [6, 6.07) is 9.20. The molecule has 3 nitrogen and oxygen atoms in total. The summed E-state index contributed by atoms with van der Waals surface area (Å²) in [5.41, 5.74) is 6.44. The van der Waals surface area contributed by atoms with Crippen LogP contribution < -0.4 is 15.2 Å². The van der Waals surface area contributed by atoms with Crippen molar-refractivity contribution in [1.82, 2.24) is 0 Å². The van der Waals surface area contributed by atoms with Gasteiger partial charge in [-0.25, -0.2) is 4.39 Å². The van der Waals surface area contributed by atoms with Gasteiger partial charge in [0.1, 0.15) is 12.4 Å². The topological polar surface area (TPSA) is 44.5 Å². The van der Waals surface area contributed by atoms with Crippen LogP contribution in [0.15, 0.2) is 40.9 Å². The average molecular weight is 362 g/mol. The highest BCUT2D eigenvalue weighted by molar-refractivity contribution is 9.10. The molecule has 0 bridgehead atoms. The summed E-state index contributed by atoms with van der Waals surface area (Å²) in [5.74, 6) is -1.51. The van der Waals surface area contributed by atoms with Crippen molar-refractivity contribution in [1.29, 1.82) is 0 Å². The Bertz CT molecular complexity index is 638. The van der Waals surface area contributed by atoms with E-state index in [4.69, 9.17) is 10.5 Å². The van der Waals surface area contributed by atoms with Crippen LogP contribution in [-0.4, -0.2) is 6.61 Å². The number of nitrogen functional groups attached to an aromatic ring is 1. The van der Waals surface area contributed by atoms with E-state index in [0.717, 1.165) is 22.2 Å². The first kappa shape index (κ1) is 15.5. The van der Waals surface area contributed by atoms with E-state index in [9.17, 15) is 13.2 Å². The maximum atomic E-state index is 13.4. The van der Waals surface area contributed by atoms with Gasteiger partial charge >= 0.3 is 6.61 Å². The highest BCUT2D eigenvalue weighted by Crippen LogP contribution is 2.32. The standard InChI is InChI=1S/C14H11BrF3NO2/c15-9-4-2-1-3-8(9)7-20-13-6-12(21-14(17)18)10(16)5-11(13)19/h1-6,14H,7,19H2. The Kier molecular flexibility index (Phi) is 4.95. The van der Waals surface area contributed by atoms with Gasteiger partial charge in [0.15, 0.2) is 11.6 Å². The first-order valence-electron chi connectivity index (χ1n) is 5.87. The number of hydrogen-bond acceptors (Lipinski definition) is 3. The monoisotopic (exact) mass is 361 g/mol. The minimum Gasteiger partial charge on any atom is -0.487 e. The van der Waals surface area contributed by atoms with Crippen molar-refractivity contribution < 1.29 is 22.6 Å². The molecule has 0 aromatic heterocycles. The van der Waals surface area contributed by atoms with E-state index in [2.05, 4.69) is 20.7 Å². The first-order valence-corrected chi connectivity index (χ1v) is 6.66. The SMILES string of the molecule is Nc1cc(F)c(OC(F)F)cc1OCc1ccccc1Br. The lowest BCUT2D eigenvalue weighted by atomic mass is 10.2. The highest BCUT2D eigenvalue weighted by Gasteiger charge is 2.14. The fourth-order valence-electron chi connectivity index (χ4n) is 1.63. The Morgan fingerprint density at radius 1 is 1.14 bits per heavy atom. The maximum absolute atomic E-state index is 13.4. The van der Waals surface area contributed by atoms with Crippen LogP contribution in [0.4, 0.5) is 18.9 Å². The van der Waals surface area contributed by atoms with Crippen molar-refractivity contribution in [2.75, 3.05) is 5.73 Å². The zero-order valence-corrected chi connectivity index (χ0v) is 12.2. The molecule has 21 heavy (non-hydrogen) atoms. The number of anilines is 1. The van der Waals surface area contributed by atoms with E-state index >= 15 is 0 Å². The van der Waals surface area contributed by atoms with Gasteiger partial charge in [0.05, 0.1) is 5.69 Å². The van der Waals surface area contributed by atoms with E-state index < -0.39 is 18.2 Å². The Morgan fingerprint density at radius 3 is 2.52 bits per heavy atom. The van der Waals surface area contributed by atoms with Crippen LogP contribution in [0.25, 0.3) is 0 Å². The van der Waals surface area contributed by atoms with E-state index in [1.807, 2.05) is 24.3 Å². The van der Waals surface area contributed by atoms with Crippen LogP contribution in [0.2, 0.25) is 0 Å². The second-order valence-electron chi connectivity index (χ2n) is 4.08. The molecule has 2 rings (SSSR count). The van der Waals surface area contributed by atoms with Gasteiger partial charge in [-0.2, -0.15) is 8.78 Å². The average Bonchev–Trinajstić information content (AvgIpc) is 2.41. The van der Waals surface area contributed by atoms with Gasteiger partial charge in [-0.1, -0.05) is 34.1 Å². The van der Waals surface area contributed by atoms with Crippen LogP contribution in [0.1, 0.15) is 5.56 Å². The van der Waals surface area contributed by atoms with Crippen molar-refractivity contribution in [3.8, 4) is 11.5 Å². The van der Waals surface area contributed by atoms with Crippen LogP contribution in [0, 0.1) is 5.82 Å². The highest BCUT2D eigenvalue weighted by atomic mass is 79.9. The Morgan fingerprint density at radius 2 is 1.86 bits per heavy atom. The molecule has 0 saturated carbocycles. The van der Waals surface area contributed by atoms with E-state index in [-0.39, 0.29) is 18.0 Å². The van der Waals surface area contributed by atoms with E-state index in [1.54, 1.807) is 0 Å². The third-order valence-electron chi connectivity index (χ3n) is 2.62. The number of hydrogen-bond donors (Lipinski definition) is 1. The fraction of sp³-hybridized carbons (Fsp3) is 0.143. The molecule has 2 aromatic rings. The zero-order chi connectivity index (χ0) is 15.4. The Labute approximate surface area is 127 Å². The van der Waals surface area contributed by atoms with Gasteiger partial charge in [0.25, 0.3) is 0 Å². The molecule has 0 fully saturated rings. The lowest BCUT2D eigenvalue weighted by Gasteiger charge is -2.13. The van der Waals surface area contributed by atoms with Gasteiger partial charge < -0.3 is 15.2 Å². The minimum absolute atomic E-state index is 0.00108. The molecule has 0 saturated heterocycles.